The summed E-state index contributed by atoms with van der Waals surface area (Å²) in [5.74, 6) is -0.0498. The van der Waals surface area contributed by atoms with Crippen LogP contribution in [0.4, 0.5) is 4.39 Å². The summed E-state index contributed by atoms with van der Waals surface area (Å²) in [6.07, 6.45) is 3.16. The van der Waals surface area contributed by atoms with E-state index in [-0.39, 0.29) is 17.8 Å². The van der Waals surface area contributed by atoms with Crippen molar-refractivity contribution < 1.29 is 9.18 Å². The number of benzene rings is 1. The van der Waals surface area contributed by atoms with Gasteiger partial charge in [0, 0.05) is 11.6 Å². The van der Waals surface area contributed by atoms with E-state index < -0.39 is 0 Å². The lowest BCUT2D eigenvalue weighted by Gasteiger charge is -2.19. The Balaban J connectivity index is 2.05. The van der Waals surface area contributed by atoms with E-state index in [1.54, 1.807) is 13.0 Å². The summed E-state index contributed by atoms with van der Waals surface area (Å²) < 4.78 is 13.1. The number of amides is 1. The summed E-state index contributed by atoms with van der Waals surface area (Å²) in [5, 5.41) is 3.00. The lowest BCUT2D eigenvalue weighted by atomic mass is 10.0. The van der Waals surface area contributed by atoms with E-state index in [0.717, 1.165) is 19.3 Å². The number of carbonyl (C=O) groups excluding carboxylic acids is 1. The van der Waals surface area contributed by atoms with Crippen molar-refractivity contribution in [1.29, 1.82) is 0 Å². The molecule has 1 aromatic carbocycles. The Labute approximate surface area is 107 Å². The van der Waals surface area contributed by atoms with Crippen molar-refractivity contribution in [2.75, 3.05) is 6.54 Å². The van der Waals surface area contributed by atoms with Gasteiger partial charge >= 0.3 is 0 Å². The summed E-state index contributed by atoms with van der Waals surface area (Å²) in [5.41, 5.74) is 6.68. The zero-order valence-corrected chi connectivity index (χ0v) is 10.6. The summed E-state index contributed by atoms with van der Waals surface area (Å²) in [6, 6.07) is 4.59. The second-order valence-corrected chi connectivity index (χ2v) is 4.97. The van der Waals surface area contributed by atoms with Crippen molar-refractivity contribution in [2.24, 2.45) is 11.7 Å². The van der Waals surface area contributed by atoms with Crippen molar-refractivity contribution in [3.8, 4) is 0 Å². The van der Waals surface area contributed by atoms with Gasteiger partial charge in [-0.2, -0.15) is 0 Å². The highest BCUT2D eigenvalue weighted by Gasteiger charge is 2.27. The molecule has 0 radical (unpaired) electrons. The Hall–Kier alpha value is -1.42. The first-order chi connectivity index (χ1) is 8.61. The van der Waals surface area contributed by atoms with Crippen LogP contribution >= 0.6 is 0 Å². The number of carbonyl (C=O) groups is 1. The van der Waals surface area contributed by atoms with Gasteiger partial charge in [0.15, 0.2) is 0 Å². The quantitative estimate of drug-likeness (QED) is 0.862. The lowest BCUT2D eigenvalue weighted by molar-refractivity contribution is 0.0928. The molecule has 0 heterocycles. The molecule has 3 N–H and O–H groups in total. The second kappa shape index (κ2) is 5.48. The Morgan fingerprint density at radius 2 is 2.28 bits per heavy atom. The minimum Gasteiger partial charge on any atom is -0.349 e. The molecule has 3 nitrogen and oxygen atoms in total. The maximum atomic E-state index is 13.1. The average Bonchev–Trinajstić information content (AvgIpc) is 2.79. The highest BCUT2D eigenvalue weighted by Crippen LogP contribution is 2.25. The van der Waals surface area contributed by atoms with Gasteiger partial charge in [0.1, 0.15) is 5.82 Å². The van der Waals surface area contributed by atoms with Gasteiger partial charge in [-0.3, -0.25) is 4.79 Å². The molecule has 1 aromatic rings. The fourth-order valence-corrected chi connectivity index (χ4v) is 2.55. The van der Waals surface area contributed by atoms with Gasteiger partial charge in [-0.05, 0) is 56.0 Å². The van der Waals surface area contributed by atoms with E-state index in [9.17, 15) is 9.18 Å². The van der Waals surface area contributed by atoms with Gasteiger partial charge in [0.2, 0.25) is 0 Å². The maximum Gasteiger partial charge on any atom is 0.251 e. The minimum absolute atomic E-state index is 0.136. The largest absolute Gasteiger partial charge is 0.349 e. The van der Waals surface area contributed by atoms with Crippen molar-refractivity contribution in [3.63, 3.8) is 0 Å². The van der Waals surface area contributed by atoms with Crippen LogP contribution in [0.1, 0.15) is 35.2 Å². The molecule has 1 aliphatic rings. The summed E-state index contributed by atoms with van der Waals surface area (Å²) in [6.45, 7) is 2.26. The lowest BCUT2D eigenvalue weighted by Crippen LogP contribution is -2.39. The van der Waals surface area contributed by atoms with Gasteiger partial charge in [0.25, 0.3) is 5.91 Å². The molecular weight excluding hydrogens is 231 g/mol. The topological polar surface area (TPSA) is 55.1 Å². The molecule has 0 saturated heterocycles. The van der Waals surface area contributed by atoms with Crippen molar-refractivity contribution >= 4 is 5.91 Å². The van der Waals surface area contributed by atoms with Crippen LogP contribution in [0.15, 0.2) is 18.2 Å². The van der Waals surface area contributed by atoms with Crippen LogP contribution < -0.4 is 11.1 Å². The summed E-state index contributed by atoms with van der Waals surface area (Å²) in [4.78, 5) is 12.1. The Kier molecular flexibility index (Phi) is 3.97. The van der Waals surface area contributed by atoms with Crippen LogP contribution in [-0.4, -0.2) is 18.5 Å². The molecule has 4 heteroatoms. The zero-order chi connectivity index (χ0) is 13.1. The summed E-state index contributed by atoms with van der Waals surface area (Å²) in [7, 11) is 0. The Morgan fingerprint density at radius 1 is 1.50 bits per heavy atom. The molecule has 1 fully saturated rings. The second-order valence-electron chi connectivity index (χ2n) is 4.97. The van der Waals surface area contributed by atoms with Gasteiger partial charge in [0.05, 0.1) is 0 Å². The van der Waals surface area contributed by atoms with Crippen molar-refractivity contribution in [1.82, 2.24) is 5.32 Å². The molecule has 2 atom stereocenters. The van der Waals surface area contributed by atoms with Crippen molar-refractivity contribution in [2.45, 2.75) is 32.2 Å². The third-order valence-corrected chi connectivity index (χ3v) is 3.70. The molecule has 2 unspecified atom stereocenters. The zero-order valence-electron chi connectivity index (χ0n) is 10.6. The highest BCUT2D eigenvalue weighted by molar-refractivity contribution is 5.94. The van der Waals surface area contributed by atoms with Crippen LogP contribution in [0, 0.1) is 18.7 Å². The van der Waals surface area contributed by atoms with E-state index in [1.165, 1.54) is 12.1 Å². The van der Waals surface area contributed by atoms with Crippen LogP contribution in [0.2, 0.25) is 0 Å². The normalized spacial score (nSPS) is 23.1. The molecule has 0 spiro atoms. The van der Waals surface area contributed by atoms with E-state index in [2.05, 4.69) is 5.32 Å². The third kappa shape index (κ3) is 2.70. The predicted molar refractivity (Wildman–Crippen MR) is 68.8 cm³/mol. The number of hydrogen-bond donors (Lipinski definition) is 2. The standard InChI is InChI=1S/C14H19FN2O/c1-9-7-10(5-6-12(9)15)14(18)17-13-4-2-3-11(13)8-16/h5-7,11,13H,2-4,8,16H2,1H3,(H,17,18). The molecule has 1 aliphatic carbocycles. The van der Waals surface area contributed by atoms with Crippen LogP contribution in [-0.2, 0) is 0 Å². The van der Waals surface area contributed by atoms with E-state index in [4.69, 9.17) is 5.73 Å². The molecule has 1 saturated carbocycles. The highest BCUT2D eigenvalue weighted by atomic mass is 19.1. The molecule has 0 aromatic heterocycles. The van der Waals surface area contributed by atoms with Gasteiger partial charge < -0.3 is 11.1 Å². The van der Waals surface area contributed by atoms with E-state index >= 15 is 0 Å². The van der Waals surface area contributed by atoms with E-state index in [1.807, 2.05) is 0 Å². The molecule has 0 aliphatic heterocycles. The Morgan fingerprint density at radius 3 is 2.94 bits per heavy atom. The monoisotopic (exact) mass is 250 g/mol. The predicted octanol–water partition coefficient (Wildman–Crippen LogP) is 1.99. The number of hydrogen-bond acceptors (Lipinski definition) is 2. The number of rotatable bonds is 3. The molecule has 1 amide bonds. The van der Waals surface area contributed by atoms with Gasteiger partial charge in [-0.15, -0.1) is 0 Å². The number of aryl methyl sites for hydroxylation is 1. The Bertz CT molecular complexity index is 447. The fraction of sp³-hybridized carbons (Fsp3) is 0.500. The smallest absolute Gasteiger partial charge is 0.251 e. The number of halogens is 1. The molecule has 0 bridgehead atoms. The maximum absolute atomic E-state index is 13.1. The van der Waals surface area contributed by atoms with Crippen molar-refractivity contribution in [3.05, 3.63) is 35.1 Å². The SMILES string of the molecule is Cc1cc(C(=O)NC2CCCC2CN)ccc1F. The first kappa shape index (κ1) is 13.0. The fourth-order valence-electron chi connectivity index (χ4n) is 2.55. The molecule has 2 rings (SSSR count). The van der Waals surface area contributed by atoms with E-state index in [0.29, 0.717) is 23.6 Å². The molecule has 18 heavy (non-hydrogen) atoms. The van der Waals surface area contributed by atoms with Crippen LogP contribution in [0.3, 0.4) is 0 Å². The average molecular weight is 250 g/mol. The molecule has 98 valence electrons. The van der Waals surface area contributed by atoms with Gasteiger partial charge in [-0.1, -0.05) is 6.42 Å². The minimum atomic E-state index is -0.285. The van der Waals surface area contributed by atoms with Crippen LogP contribution in [0.25, 0.3) is 0 Å². The van der Waals surface area contributed by atoms with Gasteiger partial charge in [-0.25, -0.2) is 4.39 Å². The third-order valence-electron chi connectivity index (χ3n) is 3.70. The summed E-state index contributed by atoms with van der Waals surface area (Å²) >= 11 is 0. The first-order valence-corrected chi connectivity index (χ1v) is 6.39. The number of nitrogens with two attached hydrogens (primary N) is 1. The number of nitrogens with one attached hydrogen (secondary N) is 1. The first-order valence-electron chi connectivity index (χ1n) is 6.39. The molecular formula is C14H19FN2O. The van der Waals surface area contributed by atoms with Crippen LogP contribution in [0.5, 0.6) is 0 Å².